The van der Waals surface area contributed by atoms with Gasteiger partial charge in [0.05, 0.1) is 23.6 Å². The Bertz CT molecular complexity index is 864. The van der Waals surface area contributed by atoms with Crippen molar-refractivity contribution in [1.29, 1.82) is 0 Å². The average Bonchev–Trinajstić information content (AvgIpc) is 2.68. The molecule has 2 aromatic carbocycles. The number of halogens is 1. The molecule has 4 heteroatoms. The van der Waals surface area contributed by atoms with Gasteiger partial charge < -0.3 is 4.74 Å². The van der Waals surface area contributed by atoms with Crippen molar-refractivity contribution < 1.29 is 9.53 Å². The van der Waals surface area contributed by atoms with Crippen LogP contribution in [0.3, 0.4) is 0 Å². The quantitative estimate of drug-likeness (QED) is 0.423. The van der Waals surface area contributed by atoms with Gasteiger partial charge in [-0.3, -0.25) is 4.98 Å². The summed E-state index contributed by atoms with van der Waals surface area (Å²) in [6.45, 7) is 2.14. The van der Waals surface area contributed by atoms with Crippen molar-refractivity contribution in [3.63, 3.8) is 0 Å². The maximum absolute atomic E-state index is 12.4. The van der Waals surface area contributed by atoms with Crippen LogP contribution in [0.2, 0.25) is 0 Å². The van der Waals surface area contributed by atoms with Crippen LogP contribution < -0.4 is 0 Å². The highest BCUT2D eigenvalue weighted by molar-refractivity contribution is 9.08. The second-order valence-electron chi connectivity index (χ2n) is 5.46. The number of nitrogens with zero attached hydrogens (tertiary/aromatic N) is 1. The van der Waals surface area contributed by atoms with Crippen LogP contribution in [0.15, 0.2) is 66.7 Å². The molecular weight excluding hydrogens is 378 g/mol. The molecule has 0 saturated carbocycles. The van der Waals surface area contributed by atoms with E-state index in [1.807, 2.05) is 66.7 Å². The Kier molecular flexibility index (Phi) is 5.61. The number of pyridine rings is 1. The minimum atomic E-state index is -0.346. The fourth-order valence-corrected chi connectivity index (χ4v) is 3.12. The van der Waals surface area contributed by atoms with E-state index >= 15 is 0 Å². The van der Waals surface area contributed by atoms with Gasteiger partial charge in [0.25, 0.3) is 0 Å². The van der Waals surface area contributed by atoms with Gasteiger partial charge in [0.1, 0.15) is 0 Å². The van der Waals surface area contributed by atoms with Crippen molar-refractivity contribution >= 4 is 21.9 Å². The molecule has 126 valence electrons. The van der Waals surface area contributed by atoms with Gasteiger partial charge in [-0.2, -0.15) is 0 Å². The molecule has 0 fully saturated rings. The Labute approximate surface area is 155 Å². The van der Waals surface area contributed by atoms with Crippen molar-refractivity contribution in [3.8, 4) is 22.4 Å². The standard InChI is InChI=1S/C21H18BrNO2/c1-2-25-21(24)18-13-17(15-9-5-3-6-10-15)20(23-19(18)14-22)16-11-7-4-8-12-16/h3-13H,2,14H2,1H3. The number of aromatic nitrogens is 1. The number of benzene rings is 2. The summed E-state index contributed by atoms with van der Waals surface area (Å²) in [5.74, 6) is -0.346. The second-order valence-corrected chi connectivity index (χ2v) is 6.03. The van der Waals surface area contributed by atoms with Crippen LogP contribution in [0.4, 0.5) is 0 Å². The zero-order valence-electron chi connectivity index (χ0n) is 13.9. The Morgan fingerprint density at radius 3 is 2.16 bits per heavy atom. The molecule has 0 aliphatic heterocycles. The molecule has 0 saturated heterocycles. The van der Waals surface area contributed by atoms with Crippen molar-refractivity contribution in [2.75, 3.05) is 6.61 Å². The smallest absolute Gasteiger partial charge is 0.340 e. The summed E-state index contributed by atoms with van der Waals surface area (Å²) < 4.78 is 5.21. The third-order valence-corrected chi connectivity index (χ3v) is 4.39. The highest BCUT2D eigenvalue weighted by Crippen LogP contribution is 2.33. The predicted octanol–water partition coefficient (Wildman–Crippen LogP) is 5.49. The Hall–Kier alpha value is -2.46. The first-order valence-electron chi connectivity index (χ1n) is 8.12. The first-order valence-corrected chi connectivity index (χ1v) is 9.24. The maximum Gasteiger partial charge on any atom is 0.340 e. The first kappa shape index (κ1) is 17.4. The van der Waals surface area contributed by atoms with E-state index in [2.05, 4.69) is 15.9 Å². The molecule has 0 aliphatic rings. The average molecular weight is 396 g/mol. The summed E-state index contributed by atoms with van der Waals surface area (Å²) in [4.78, 5) is 17.2. The lowest BCUT2D eigenvalue weighted by Gasteiger charge is -2.14. The maximum atomic E-state index is 12.4. The van der Waals surface area contributed by atoms with Gasteiger partial charge in [-0.05, 0) is 18.6 Å². The van der Waals surface area contributed by atoms with E-state index in [4.69, 9.17) is 9.72 Å². The molecule has 1 aromatic heterocycles. The van der Waals surface area contributed by atoms with Crippen LogP contribution in [0, 0.1) is 0 Å². The lowest BCUT2D eigenvalue weighted by atomic mass is 9.96. The monoisotopic (exact) mass is 395 g/mol. The summed E-state index contributed by atoms with van der Waals surface area (Å²) in [5.41, 5.74) is 4.97. The van der Waals surface area contributed by atoms with Gasteiger partial charge in [0, 0.05) is 16.5 Å². The number of alkyl halides is 1. The molecule has 0 radical (unpaired) electrons. The summed E-state index contributed by atoms with van der Waals surface area (Å²) in [7, 11) is 0. The lowest BCUT2D eigenvalue weighted by molar-refractivity contribution is 0.0525. The van der Waals surface area contributed by atoms with Gasteiger partial charge >= 0.3 is 5.97 Å². The van der Waals surface area contributed by atoms with Gasteiger partial charge in [-0.15, -0.1) is 0 Å². The van der Waals surface area contributed by atoms with Gasteiger partial charge in [-0.1, -0.05) is 76.6 Å². The molecule has 3 nitrogen and oxygen atoms in total. The molecule has 25 heavy (non-hydrogen) atoms. The van der Waals surface area contributed by atoms with Gasteiger partial charge in [0.2, 0.25) is 0 Å². The fourth-order valence-electron chi connectivity index (χ4n) is 2.69. The van der Waals surface area contributed by atoms with Crippen molar-refractivity contribution in [2.45, 2.75) is 12.3 Å². The largest absolute Gasteiger partial charge is 0.462 e. The highest BCUT2D eigenvalue weighted by atomic mass is 79.9. The lowest BCUT2D eigenvalue weighted by Crippen LogP contribution is -2.10. The van der Waals surface area contributed by atoms with Crippen molar-refractivity contribution in [2.24, 2.45) is 0 Å². The van der Waals surface area contributed by atoms with Crippen LogP contribution in [-0.4, -0.2) is 17.6 Å². The second kappa shape index (κ2) is 8.08. The SMILES string of the molecule is CCOC(=O)c1cc(-c2ccccc2)c(-c2ccccc2)nc1CBr. The minimum Gasteiger partial charge on any atom is -0.462 e. The number of carbonyl (C=O) groups is 1. The van der Waals surface area contributed by atoms with Crippen LogP contribution in [0.1, 0.15) is 23.0 Å². The van der Waals surface area contributed by atoms with E-state index < -0.39 is 0 Å². The molecule has 1 heterocycles. The van der Waals surface area contributed by atoms with E-state index in [9.17, 15) is 4.79 Å². The third kappa shape index (κ3) is 3.80. The van der Waals surface area contributed by atoms with Crippen LogP contribution >= 0.6 is 15.9 Å². The number of hydrogen-bond donors (Lipinski definition) is 0. The van der Waals surface area contributed by atoms with E-state index in [-0.39, 0.29) is 5.97 Å². The molecule has 3 aromatic rings. The van der Waals surface area contributed by atoms with Crippen LogP contribution in [0.5, 0.6) is 0 Å². The topological polar surface area (TPSA) is 39.2 Å². The summed E-state index contributed by atoms with van der Waals surface area (Å²) >= 11 is 3.45. The third-order valence-electron chi connectivity index (χ3n) is 3.86. The van der Waals surface area contributed by atoms with Gasteiger partial charge in [-0.25, -0.2) is 4.79 Å². The molecule has 0 N–H and O–H groups in total. The molecule has 0 spiro atoms. The Balaban J connectivity index is 2.25. The fraction of sp³-hybridized carbons (Fsp3) is 0.143. The number of ether oxygens (including phenoxy) is 1. The minimum absolute atomic E-state index is 0.335. The highest BCUT2D eigenvalue weighted by Gasteiger charge is 2.19. The van der Waals surface area contributed by atoms with Crippen molar-refractivity contribution in [1.82, 2.24) is 4.98 Å². The molecule has 0 aliphatic carbocycles. The van der Waals surface area contributed by atoms with E-state index in [1.54, 1.807) is 6.92 Å². The molecule has 0 bridgehead atoms. The normalized spacial score (nSPS) is 10.5. The molecule has 0 unspecified atom stereocenters. The molecule has 3 rings (SSSR count). The number of rotatable bonds is 5. The summed E-state index contributed by atoms with van der Waals surface area (Å²) in [6, 6.07) is 21.9. The molecule has 0 amide bonds. The zero-order chi connectivity index (χ0) is 17.6. The van der Waals surface area contributed by atoms with Crippen molar-refractivity contribution in [3.05, 3.63) is 78.0 Å². The zero-order valence-corrected chi connectivity index (χ0v) is 15.5. The molecular formula is C21H18BrNO2. The number of hydrogen-bond acceptors (Lipinski definition) is 3. The van der Waals surface area contributed by atoms with E-state index in [0.29, 0.717) is 23.2 Å². The Morgan fingerprint density at radius 2 is 1.60 bits per heavy atom. The number of carbonyl (C=O) groups excluding carboxylic acids is 1. The molecule has 0 atom stereocenters. The summed E-state index contributed by atoms with van der Waals surface area (Å²) in [6.07, 6.45) is 0. The van der Waals surface area contributed by atoms with E-state index in [0.717, 1.165) is 22.4 Å². The van der Waals surface area contributed by atoms with E-state index in [1.165, 1.54) is 0 Å². The Morgan fingerprint density at radius 1 is 1.00 bits per heavy atom. The van der Waals surface area contributed by atoms with Crippen LogP contribution in [0.25, 0.3) is 22.4 Å². The van der Waals surface area contributed by atoms with Gasteiger partial charge in [0.15, 0.2) is 0 Å². The predicted molar refractivity (Wildman–Crippen MR) is 104 cm³/mol. The van der Waals surface area contributed by atoms with Crippen LogP contribution in [-0.2, 0) is 10.1 Å². The number of esters is 1. The first-order chi connectivity index (χ1) is 12.2. The summed E-state index contributed by atoms with van der Waals surface area (Å²) in [5, 5.41) is 0.482.